The molecular formula is C12H8F3N5O3. The summed E-state index contributed by atoms with van der Waals surface area (Å²) in [6.45, 7) is 0. The van der Waals surface area contributed by atoms with Crippen LogP contribution in [0, 0.1) is 0 Å². The number of rotatable bonds is 3. The lowest BCUT2D eigenvalue weighted by Gasteiger charge is -2.21. The highest BCUT2D eigenvalue weighted by molar-refractivity contribution is 5.68. The van der Waals surface area contributed by atoms with E-state index in [9.17, 15) is 23.4 Å². The van der Waals surface area contributed by atoms with Gasteiger partial charge in [-0.3, -0.25) is 0 Å². The normalized spacial score (nSPS) is 14.9. The van der Waals surface area contributed by atoms with Crippen molar-refractivity contribution in [3.63, 3.8) is 0 Å². The van der Waals surface area contributed by atoms with Gasteiger partial charge in [0, 0.05) is 11.3 Å². The number of aliphatic hydroxyl groups excluding tert-OH is 3. The van der Waals surface area contributed by atoms with E-state index in [1.54, 1.807) is 0 Å². The molecule has 0 amide bonds. The van der Waals surface area contributed by atoms with Crippen LogP contribution in [0.2, 0.25) is 0 Å². The van der Waals surface area contributed by atoms with E-state index in [0.717, 1.165) is 12.1 Å². The Hall–Kier alpha value is -3.24. The number of anilines is 1. The minimum atomic E-state index is -4.63. The van der Waals surface area contributed by atoms with E-state index in [-0.39, 0.29) is 22.8 Å². The van der Waals surface area contributed by atoms with Gasteiger partial charge >= 0.3 is 6.18 Å². The molecule has 0 saturated carbocycles. The Morgan fingerprint density at radius 3 is 2.30 bits per heavy atom. The van der Waals surface area contributed by atoms with E-state index in [0.29, 0.717) is 0 Å². The largest absolute Gasteiger partial charge is 0.503 e. The molecule has 8 nitrogen and oxygen atoms in total. The number of hydrogen-bond donors (Lipinski definition) is 5. The van der Waals surface area contributed by atoms with Crippen molar-refractivity contribution in [2.45, 2.75) is 6.18 Å². The van der Waals surface area contributed by atoms with Gasteiger partial charge in [0.2, 0.25) is 11.6 Å². The van der Waals surface area contributed by atoms with Gasteiger partial charge in [0.15, 0.2) is 11.5 Å². The number of halogens is 3. The van der Waals surface area contributed by atoms with Crippen LogP contribution in [0.4, 0.5) is 18.9 Å². The molecule has 0 unspecified atom stereocenters. The fourth-order valence-electron chi connectivity index (χ4n) is 1.94. The highest BCUT2D eigenvalue weighted by Gasteiger charge is 2.33. The van der Waals surface area contributed by atoms with Crippen molar-refractivity contribution < 1.29 is 28.5 Å². The number of nitrogens with one attached hydrogen (secondary N) is 2. The average Bonchev–Trinajstić information content (AvgIpc) is 3.05. The topological polar surface area (TPSA) is 127 Å². The smallest absolute Gasteiger partial charge is 0.416 e. The Bertz CT molecular complexity index is 827. The summed E-state index contributed by atoms with van der Waals surface area (Å²) in [7, 11) is 0. The predicted octanol–water partition coefficient (Wildman–Crippen LogP) is 2.41. The first kappa shape index (κ1) is 14.7. The molecule has 1 heterocycles. The predicted molar refractivity (Wildman–Crippen MR) is 70.2 cm³/mol. The van der Waals surface area contributed by atoms with Crippen molar-refractivity contribution >= 4 is 5.69 Å². The third kappa shape index (κ3) is 2.52. The van der Waals surface area contributed by atoms with Gasteiger partial charge in [-0.25, -0.2) is 0 Å². The number of aromatic amines is 1. The van der Waals surface area contributed by atoms with Crippen molar-refractivity contribution in [2.24, 2.45) is 0 Å². The first-order valence-corrected chi connectivity index (χ1v) is 6.06. The van der Waals surface area contributed by atoms with Crippen molar-refractivity contribution in [1.82, 2.24) is 20.6 Å². The van der Waals surface area contributed by atoms with E-state index in [1.807, 2.05) is 0 Å². The summed E-state index contributed by atoms with van der Waals surface area (Å²) in [5.74, 6) is -2.10. The zero-order valence-electron chi connectivity index (χ0n) is 11.0. The van der Waals surface area contributed by atoms with Crippen LogP contribution in [-0.2, 0) is 6.18 Å². The van der Waals surface area contributed by atoms with Crippen LogP contribution in [0.25, 0.3) is 11.4 Å². The summed E-state index contributed by atoms with van der Waals surface area (Å²) in [5, 5.41) is 42.9. The molecule has 0 fully saturated rings. The van der Waals surface area contributed by atoms with Crippen molar-refractivity contribution in [3.8, 4) is 11.4 Å². The molecule has 0 atom stereocenters. The molecule has 3 rings (SSSR count). The second kappa shape index (κ2) is 4.90. The maximum absolute atomic E-state index is 13.0. The molecule has 0 spiro atoms. The van der Waals surface area contributed by atoms with E-state index in [1.165, 1.54) is 6.07 Å². The minimum absolute atomic E-state index is 0.0168. The number of alkyl halides is 3. The number of nitrogens with zero attached hydrogens (tertiary/aromatic N) is 3. The van der Waals surface area contributed by atoms with Crippen molar-refractivity contribution in [2.75, 3.05) is 5.32 Å². The fraction of sp³-hybridized carbons (Fsp3) is 0.0833. The molecule has 5 N–H and O–H groups in total. The van der Waals surface area contributed by atoms with Crippen LogP contribution in [0.5, 0.6) is 0 Å². The number of H-pyrrole nitrogens is 1. The summed E-state index contributed by atoms with van der Waals surface area (Å²) in [4.78, 5) is 0. The molecule has 11 heteroatoms. The molecule has 1 aliphatic rings. The SMILES string of the molecule is OC1=C(O)C(Nc2cc(-c3nn[nH]n3)cc(C(F)(F)F)c2)=C1O. The Morgan fingerprint density at radius 2 is 1.74 bits per heavy atom. The molecule has 1 aliphatic carbocycles. The van der Waals surface area contributed by atoms with Crippen LogP contribution < -0.4 is 5.32 Å². The van der Waals surface area contributed by atoms with Gasteiger partial charge in [0.25, 0.3) is 0 Å². The average molecular weight is 327 g/mol. The van der Waals surface area contributed by atoms with Crippen molar-refractivity contribution in [1.29, 1.82) is 0 Å². The molecule has 1 aromatic heterocycles. The molecule has 23 heavy (non-hydrogen) atoms. The van der Waals surface area contributed by atoms with Gasteiger partial charge in [-0.15, -0.1) is 10.2 Å². The van der Waals surface area contributed by atoms with Gasteiger partial charge in [-0.1, -0.05) is 0 Å². The van der Waals surface area contributed by atoms with Crippen molar-refractivity contribution in [3.05, 3.63) is 46.7 Å². The van der Waals surface area contributed by atoms with Gasteiger partial charge < -0.3 is 20.6 Å². The van der Waals surface area contributed by atoms with Gasteiger partial charge in [-0.05, 0) is 23.4 Å². The monoisotopic (exact) mass is 327 g/mol. The third-order valence-corrected chi connectivity index (χ3v) is 3.06. The number of tetrazole rings is 1. The molecule has 2 aromatic rings. The Labute approximate surface area is 125 Å². The lowest BCUT2D eigenvalue weighted by atomic mass is 10.1. The highest BCUT2D eigenvalue weighted by atomic mass is 19.4. The minimum Gasteiger partial charge on any atom is -0.503 e. The molecular weight excluding hydrogens is 319 g/mol. The number of aromatic nitrogens is 4. The molecule has 0 bridgehead atoms. The number of aliphatic hydroxyl groups is 3. The van der Waals surface area contributed by atoms with Crippen LogP contribution in [0.15, 0.2) is 41.2 Å². The fourth-order valence-corrected chi connectivity index (χ4v) is 1.94. The lowest BCUT2D eigenvalue weighted by Crippen LogP contribution is -2.18. The first-order valence-electron chi connectivity index (χ1n) is 6.06. The van der Waals surface area contributed by atoms with Gasteiger partial charge in [0.1, 0.15) is 5.70 Å². The van der Waals surface area contributed by atoms with Crippen LogP contribution in [0.3, 0.4) is 0 Å². The van der Waals surface area contributed by atoms with Gasteiger partial charge in [0.05, 0.1) is 5.56 Å². The quantitative estimate of drug-likeness (QED) is 0.586. The zero-order chi connectivity index (χ0) is 16.8. The summed E-state index contributed by atoms with van der Waals surface area (Å²) in [5.41, 5.74) is -1.36. The second-order valence-electron chi connectivity index (χ2n) is 4.58. The third-order valence-electron chi connectivity index (χ3n) is 3.06. The number of hydrogen-bond acceptors (Lipinski definition) is 7. The number of benzene rings is 1. The summed E-state index contributed by atoms with van der Waals surface area (Å²) >= 11 is 0. The highest BCUT2D eigenvalue weighted by Crippen LogP contribution is 2.36. The van der Waals surface area contributed by atoms with E-state index < -0.39 is 29.0 Å². The lowest BCUT2D eigenvalue weighted by molar-refractivity contribution is -0.137. The summed E-state index contributed by atoms with van der Waals surface area (Å²) in [6, 6.07) is 2.87. The first-order chi connectivity index (χ1) is 10.8. The second-order valence-corrected chi connectivity index (χ2v) is 4.58. The molecule has 0 aliphatic heterocycles. The van der Waals surface area contributed by atoms with E-state index in [2.05, 4.69) is 25.9 Å². The van der Waals surface area contributed by atoms with Crippen LogP contribution >= 0.6 is 0 Å². The Kier molecular flexibility index (Phi) is 3.13. The van der Waals surface area contributed by atoms with Crippen LogP contribution in [0.1, 0.15) is 5.56 Å². The molecule has 1 aromatic carbocycles. The van der Waals surface area contributed by atoms with Crippen LogP contribution in [-0.4, -0.2) is 35.9 Å². The zero-order valence-corrected chi connectivity index (χ0v) is 11.0. The molecule has 0 saturated heterocycles. The summed E-state index contributed by atoms with van der Waals surface area (Å²) in [6.07, 6.45) is -4.63. The summed E-state index contributed by atoms with van der Waals surface area (Å²) < 4.78 is 39.0. The molecule has 120 valence electrons. The van der Waals surface area contributed by atoms with E-state index >= 15 is 0 Å². The Balaban J connectivity index is 2.02. The maximum Gasteiger partial charge on any atom is 0.416 e. The maximum atomic E-state index is 13.0. The van der Waals surface area contributed by atoms with Gasteiger partial charge in [-0.2, -0.15) is 18.4 Å². The standard InChI is InChI=1S/C12H8F3N5O3/c13-12(14,15)5-1-4(11-17-19-20-18-11)2-6(3-5)16-7-8(21)10(23)9(7)22/h1-3,16,21-23H,(H,17,18,19,20). The van der Waals surface area contributed by atoms with E-state index in [4.69, 9.17) is 5.11 Å². The molecule has 0 radical (unpaired) electrons. The Morgan fingerprint density at radius 1 is 1.00 bits per heavy atom.